The number of hydrogen-bond donors (Lipinski definition) is 0. The van der Waals surface area contributed by atoms with Crippen LogP contribution in [0.1, 0.15) is 18.6 Å². The number of hydrogen-bond acceptors (Lipinski definition) is 3. The molecule has 0 radical (unpaired) electrons. The molecule has 0 saturated heterocycles. The lowest BCUT2D eigenvalue weighted by Gasteiger charge is -2.07. The van der Waals surface area contributed by atoms with Gasteiger partial charge in [0.25, 0.3) is 0 Å². The summed E-state index contributed by atoms with van der Waals surface area (Å²) in [7, 11) is -3.70. The average molecular weight is 211 g/mol. The maximum atomic E-state index is 11.0. The molecule has 0 aromatic heterocycles. The normalized spacial score (nSPS) is 24.6. The minimum absolute atomic E-state index is 0.469. The third-order valence-corrected chi connectivity index (χ3v) is 2.90. The van der Waals surface area contributed by atoms with E-state index in [0.29, 0.717) is 5.71 Å². The molecule has 0 amide bonds. The molecular formula is C9H9NO3S. The van der Waals surface area contributed by atoms with Gasteiger partial charge in [-0.3, -0.25) is 0 Å². The standard InChI is InChI=1S/C9H9NO3S/c1-7-9(13-14(11,12)10-7)8-5-3-2-4-6-8/h2-6,9H,1H3. The average Bonchev–Trinajstić information content (AvgIpc) is 2.41. The maximum absolute atomic E-state index is 11.0. The Bertz CT molecular complexity index is 464. The minimum Gasteiger partial charge on any atom is -0.238 e. The van der Waals surface area contributed by atoms with Crippen molar-refractivity contribution >= 4 is 16.0 Å². The van der Waals surface area contributed by atoms with E-state index in [1.807, 2.05) is 30.3 Å². The van der Waals surface area contributed by atoms with Crippen molar-refractivity contribution in [1.29, 1.82) is 0 Å². The van der Waals surface area contributed by atoms with Crippen molar-refractivity contribution in [2.24, 2.45) is 4.40 Å². The fraction of sp³-hybridized carbons (Fsp3) is 0.222. The van der Waals surface area contributed by atoms with Crippen molar-refractivity contribution in [1.82, 2.24) is 0 Å². The molecule has 1 aliphatic heterocycles. The summed E-state index contributed by atoms with van der Waals surface area (Å²) in [6.45, 7) is 1.64. The van der Waals surface area contributed by atoms with Crippen LogP contribution in [0.25, 0.3) is 0 Å². The maximum Gasteiger partial charge on any atom is 0.381 e. The first-order chi connectivity index (χ1) is 6.58. The second kappa shape index (κ2) is 3.18. The Kier molecular flexibility index (Phi) is 2.13. The Labute approximate surface area is 82.5 Å². The molecule has 0 N–H and O–H groups in total. The quantitative estimate of drug-likeness (QED) is 0.706. The van der Waals surface area contributed by atoms with E-state index < -0.39 is 16.4 Å². The topological polar surface area (TPSA) is 55.7 Å². The summed E-state index contributed by atoms with van der Waals surface area (Å²) >= 11 is 0. The second-order valence-electron chi connectivity index (χ2n) is 3.05. The molecule has 74 valence electrons. The lowest BCUT2D eigenvalue weighted by Crippen LogP contribution is -2.07. The zero-order chi connectivity index (χ0) is 10.2. The molecule has 1 atom stereocenters. The molecule has 0 fully saturated rings. The van der Waals surface area contributed by atoms with E-state index in [9.17, 15) is 8.42 Å². The molecule has 2 rings (SSSR count). The van der Waals surface area contributed by atoms with Crippen LogP contribution in [0.15, 0.2) is 34.7 Å². The van der Waals surface area contributed by atoms with E-state index >= 15 is 0 Å². The highest BCUT2D eigenvalue weighted by atomic mass is 32.2. The van der Waals surface area contributed by atoms with Crippen molar-refractivity contribution in [2.45, 2.75) is 13.0 Å². The Morgan fingerprint density at radius 1 is 1.29 bits per heavy atom. The third-order valence-electron chi connectivity index (χ3n) is 1.96. The summed E-state index contributed by atoms with van der Waals surface area (Å²) in [4.78, 5) is 0. The molecule has 1 heterocycles. The van der Waals surface area contributed by atoms with Gasteiger partial charge in [-0.25, -0.2) is 4.18 Å². The monoisotopic (exact) mass is 211 g/mol. The van der Waals surface area contributed by atoms with Crippen molar-refractivity contribution in [3.8, 4) is 0 Å². The van der Waals surface area contributed by atoms with Crippen molar-refractivity contribution in [3.63, 3.8) is 0 Å². The fourth-order valence-electron chi connectivity index (χ4n) is 1.36. The Morgan fingerprint density at radius 2 is 1.93 bits per heavy atom. The first kappa shape index (κ1) is 9.36. The zero-order valence-corrected chi connectivity index (χ0v) is 8.36. The number of nitrogens with zero attached hydrogens (tertiary/aromatic N) is 1. The molecule has 5 heteroatoms. The Balaban J connectivity index is 2.37. The van der Waals surface area contributed by atoms with Gasteiger partial charge in [0.1, 0.15) is 6.10 Å². The van der Waals surface area contributed by atoms with Crippen LogP contribution in [0.3, 0.4) is 0 Å². The van der Waals surface area contributed by atoms with Gasteiger partial charge in [0.2, 0.25) is 0 Å². The number of rotatable bonds is 1. The fourth-order valence-corrected chi connectivity index (χ4v) is 2.35. The van der Waals surface area contributed by atoms with E-state index in [1.54, 1.807) is 6.92 Å². The van der Waals surface area contributed by atoms with Gasteiger partial charge in [-0.15, -0.1) is 4.40 Å². The van der Waals surface area contributed by atoms with Gasteiger partial charge in [0, 0.05) is 0 Å². The smallest absolute Gasteiger partial charge is 0.238 e. The first-order valence-corrected chi connectivity index (χ1v) is 5.50. The van der Waals surface area contributed by atoms with E-state index in [1.165, 1.54) is 0 Å². The predicted molar refractivity (Wildman–Crippen MR) is 52.3 cm³/mol. The Morgan fingerprint density at radius 3 is 2.43 bits per heavy atom. The van der Waals surface area contributed by atoms with Gasteiger partial charge in [-0.05, 0) is 12.5 Å². The van der Waals surface area contributed by atoms with Crippen molar-refractivity contribution in [3.05, 3.63) is 35.9 Å². The predicted octanol–water partition coefficient (Wildman–Crippen LogP) is 1.46. The van der Waals surface area contributed by atoms with E-state index in [-0.39, 0.29) is 0 Å². The van der Waals surface area contributed by atoms with E-state index in [2.05, 4.69) is 4.40 Å². The highest BCUT2D eigenvalue weighted by Crippen LogP contribution is 2.27. The van der Waals surface area contributed by atoms with Crippen LogP contribution in [-0.2, 0) is 14.5 Å². The highest BCUT2D eigenvalue weighted by Gasteiger charge is 2.30. The number of benzene rings is 1. The molecular weight excluding hydrogens is 202 g/mol. The molecule has 0 bridgehead atoms. The largest absolute Gasteiger partial charge is 0.381 e. The first-order valence-electron chi connectivity index (χ1n) is 4.13. The van der Waals surface area contributed by atoms with Crippen molar-refractivity contribution < 1.29 is 12.6 Å². The molecule has 1 aromatic carbocycles. The van der Waals surface area contributed by atoms with Gasteiger partial charge in [0.15, 0.2) is 0 Å². The molecule has 14 heavy (non-hydrogen) atoms. The molecule has 4 nitrogen and oxygen atoms in total. The van der Waals surface area contributed by atoms with Crippen LogP contribution >= 0.6 is 0 Å². The van der Waals surface area contributed by atoms with E-state index in [4.69, 9.17) is 4.18 Å². The zero-order valence-electron chi connectivity index (χ0n) is 7.54. The minimum atomic E-state index is -3.70. The second-order valence-corrected chi connectivity index (χ2v) is 4.28. The van der Waals surface area contributed by atoms with Crippen LogP contribution in [0.4, 0.5) is 0 Å². The summed E-state index contributed by atoms with van der Waals surface area (Å²) in [5, 5.41) is 0. The summed E-state index contributed by atoms with van der Waals surface area (Å²) in [5.41, 5.74) is 1.27. The van der Waals surface area contributed by atoms with Crippen LogP contribution in [-0.4, -0.2) is 14.1 Å². The van der Waals surface area contributed by atoms with Gasteiger partial charge in [0.05, 0.1) is 5.71 Å². The van der Waals surface area contributed by atoms with Gasteiger partial charge in [-0.2, -0.15) is 8.42 Å². The third kappa shape index (κ3) is 1.69. The van der Waals surface area contributed by atoms with Crippen LogP contribution in [0, 0.1) is 0 Å². The SMILES string of the molecule is CC1=NS(=O)(=O)OC1c1ccccc1. The Hall–Kier alpha value is -1.20. The molecule has 0 aliphatic carbocycles. The van der Waals surface area contributed by atoms with Gasteiger partial charge < -0.3 is 0 Å². The summed E-state index contributed by atoms with van der Waals surface area (Å²) < 4.78 is 30.3. The van der Waals surface area contributed by atoms with E-state index in [0.717, 1.165) is 5.56 Å². The van der Waals surface area contributed by atoms with Gasteiger partial charge in [-0.1, -0.05) is 30.3 Å². The highest BCUT2D eigenvalue weighted by molar-refractivity contribution is 7.85. The summed E-state index contributed by atoms with van der Waals surface area (Å²) in [5.74, 6) is 0. The summed E-state index contributed by atoms with van der Waals surface area (Å²) in [6, 6.07) is 9.14. The molecule has 0 spiro atoms. The van der Waals surface area contributed by atoms with Crippen LogP contribution < -0.4 is 0 Å². The lowest BCUT2D eigenvalue weighted by molar-refractivity contribution is 0.291. The molecule has 0 saturated carbocycles. The molecule has 1 aliphatic rings. The van der Waals surface area contributed by atoms with Crippen LogP contribution in [0.5, 0.6) is 0 Å². The van der Waals surface area contributed by atoms with Crippen LogP contribution in [0.2, 0.25) is 0 Å². The van der Waals surface area contributed by atoms with Crippen molar-refractivity contribution in [2.75, 3.05) is 0 Å². The molecule has 1 unspecified atom stereocenters. The lowest BCUT2D eigenvalue weighted by atomic mass is 10.1. The van der Waals surface area contributed by atoms with Gasteiger partial charge >= 0.3 is 10.3 Å². The summed E-state index contributed by atoms with van der Waals surface area (Å²) in [6.07, 6.45) is -0.554. The molecule has 1 aromatic rings.